The Labute approximate surface area is 122 Å². The van der Waals surface area contributed by atoms with Gasteiger partial charge in [-0.15, -0.1) is 0 Å². The number of Topliss-reactive ketones (excluding diaryl/α,β-unsaturated/α-hetero) is 1. The predicted octanol–water partition coefficient (Wildman–Crippen LogP) is 2.95. The molecule has 1 fully saturated rings. The minimum Gasteiger partial charge on any atom is -0.305 e. The van der Waals surface area contributed by atoms with Crippen molar-refractivity contribution >= 4 is 5.78 Å². The highest BCUT2D eigenvalue weighted by Crippen LogP contribution is 2.36. The SMILES string of the molecule is CN(CCc1ccncc1)CC1CC(C)(C)CCC1=O. The van der Waals surface area contributed by atoms with E-state index in [1.807, 2.05) is 12.4 Å². The molecule has 1 saturated carbocycles. The van der Waals surface area contributed by atoms with Gasteiger partial charge < -0.3 is 4.90 Å². The third-order valence-electron chi connectivity index (χ3n) is 4.37. The number of hydrogen-bond acceptors (Lipinski definition) is 3. The summed E-state index contributed by atoms with van der Waals surface area (Å²) in [6.45, 7) is 6.45. The van der Waals surface area contributed by atoms with Gasteiger partial charge in [0.05, 0.1) is 0 Å². The maximum Gasteiger partial charge on any atom is 0.137 e. The van der Waals surface area contributed by atoms with Crippen LogP contribution in [-0.4, -0.2) is 35.8 Å². The lowest BCUT2D eigenvalue weighted by molar-refractivity contribution is -0.127. The molecule has 1 atom stereocenters. The van der Waals surface area contributed by atoms with Gasteiger partial charge >= 0.3 is 0 Å². The standard InChI is InChI=1S/C17H26N2O/c1-17(2)8-4-16(20)15(12-17)13-19(3)11-7-14-5-9-18-10-6-14/h5-6,9-10,15H,4,7-8,11-13H2,1-3H3. The molecule has 1 aliphatic carbocycles. The summed E-state index contributed by atoms with van der Waals surface area (Å²) in [5.74, 6) is 0.682. The van der Waals surface area contributed by atoms with Crippen LogP contribution in [-0.2, 0) is 11.2 Å². The molecule has 0 aromatic carbocycles. The highest BCUT2D eigenvalue weighted by atomic mass is 16.1. The molecule has 1 aromatic rings. The first-order chi connectivity index (χ1) is 9.46. The predicted molar refractivity (Wildman–Crippen MR) is 81.6 cm³/mol. The molecule has 1 aromatic heterocycles. The van der Waals surface area contributed by atoms with Gasteiger partial charge in [-0.1, -0.05) is 13.8 Å². The molecular weight excluding hydrogens is 248 g/mol. The van der Waals surface area contributed by atoms with Gasteiger partial charge in [-0.05, 0) is 49.4 Å². The summed E-state index contributed by atoms with van der Waals surface area (Å²) in [5.41, 5.74) is 1.63. The molecule has 20 heavy (non-hydrogen) atoms. The second-order valence-electron chi connectivity index (χ2n) is 6.90. The van der Waals surface area contributed by atoms with Crippen molar-refractivity contribution in [3.8, 4) is 0 Å². The quantitative estimate of drug-likeness (QED) is 0.827. The Bertz CT molecular complexity index is 442. The molecule has 3 heteroatoms. The Morgan fingerprint density at radius 2 is 2.05 bits per heavy atom. The molecule has 0 saturated heterocycles. The summed E-state index contributed by atoms with van der Waals surface area (Å²) in [6.07, 6.45) is 7.53. The van der Waals surface area contributed by atoms with Crippen LogP contribution < -0.4 is 0 Å². The lowest BCUT2D eigenvalue weighted by Gasteiger charge is -2.36. The van der Waals surface area contributed by atoms with E-state index in [1.54, 1.807) is 0 Å². The summed E-state index contributed by atoms with van der Waals surface area (Å²) in [6, 6.07) is 4.12. The van der Waals surface area contributed by atoms with E-state index >= 15 is 0 Å². The monoisotopic (exact) mass is 274 g/mol. The summed E-state index contributed by atoms with van der Waals surface area (Å²) in [5, 5.41) is 0. The van der Waals surface area contributed by atoms with Crippen molar-refractivity contribution in [3.63, 3.8) is 0 Å². The first-order valence-corrected chi connectivity index (χ1v) is 7.56. The van der Waals surface area contributed by atoms with E-state index in [1.165, 1.54) is 5.56 Å². The minimum absolute atomic E-state index is 0.223. The van der Waals surface area contributed by atoms with Crippen molar-refractivity contribution in [1.29, 1.82) is 0 Å². The zero-order valence-electron chi connectivity index (χ0n) is 12.9. The van der Waals surface area contributed by atoms with E-state index in [0.717, 1.165) is 38.8 Å². The Morgan fingerprint density at radius 1 is 1.35 bits per heavy atom. The number of pyridine rings is 1. The van der Waals surface area contributed by atoms with Gasteiger partial charge in [0.15, 0.2) is 0 Å². The number of rotatable bonds is 5. The lowest BCUT2D eigenvalue weighted by Crippen LogP contribution is -2.38. The second-order valence-corrected chi connectivity index (χ2v) is 6.90. The van der Waals surface area contributed by atoms with Crippen LogP contribution >= 0.6 is 0 Å². The van der Waals surface area contributed by atoms with Crippen molar-refractivity contribution < 1.29 is 4.79 Å². The van der Waals surface area contributed by atoms with Crippen LogP contribution in [0.5, 0.6) is 0 Å². The van der Waals surface area contributed by atoms with Crippen molar-refractivity contribution in [2.45, 2.75) is 39.5 Å². The highest BCUT2D eigenvalue weighted by molar-refractivity contribution is 5.82. The molecule has 110 valence electrons. The highest BCUT2D eigenvalue weighted by Gasteiger charge is 2.33. The Balaban J connectivity index is 1.81. The van der Waals surface area contributed by atoms with Crippen LogP contribution in [0.1, 0.15) is 38.7 Å². The Hall–Kier alpha value is -1.22. The van der Waals surface area contributed by atoms with Crippen LogP contribution in [0.3, 0.4) is 0 Å². The number of carbonyl (C=O) groups is 1. The first kappa shape index (κ1) is 15.2. The molecule has 1 heterocycles. The number of aromatic nitrogens is 1. The molecule has 3 nitrogen and oxygen atoms in total. The fraction of sp³-hybridized carbons (Fsp3) is 0.647. The molecule has 2 rings (SSSR count). The molecule has 0 N–H and O–H groups in total. The third-order valence-corrected chi connectivity index (χ3v) is 4.37. The molecule has 0 radical (unpaired) electrons. The van der Waals surface area contributed by atoms with E-state index in [0.29, 0.717) is 11.2 Å². The van der Waals surface area contributed by atoms with Gasteiger partial charge in [-0.2, -0.15) is 0 Å². The summed E-state index contributed by atoms with van der Waals surface area (Å²) < 4.78 is 0. The van der Waals surface area contributed by atoms with E-state index in [2.05, 4.69) is 42.9 Å². The Morgan fingerprint density at radius 3 is 2.75 bits per heavy atom. The smallest absolute Gasteiger partial charge is 0.137 e. The fourth-order valence-corrected chi connectivity index (χ4v) is 3.05. The van der Waals surface area contributed by atoms with Crippen molar-refractivity contribution in [1.82, 2.24) is 9.88 Å². The van der Waals surface area contributed by atoms with Gasteiger partial charge in [-0.3, -0.25) is 9.78 Å². The van der Waals surface area contributed by atoms with Crippen molar-refractivity contribution in [2.24, 2.45) is 11.3 Å². The van der Waals surface area contributed by atoms with Crippen molar-refractivity contribution in [2.75, 3.05) is 20.1 Å². The zero-order valence-corrected chi connectivity index (χ0v) is 12.9. The minimum atomic E-state index is 0.223. The molecule has 0 aliphatic heterocycles. The maximum atomic E-state index is 12.1. The van der Waals surface area contributed by atoms with Crippen molar-refractivity contribution in [3.05, 3.63) is 30.1 Å². The lowest BCUT2D eigenvalue weighted by atomic mass is 9.71. The van der Waals surface area contributed by atoms with Gasteiger partial charge in [-0.25, -0.2) is 0 Å². The summed E-state index contributed by atoms with van der Waals surface area (Å²) in [7, 11) is 2.12. The van der Waals surface area contributed by atoms with Crippen LogP contribution in [0.15, 0.2) is 24.5 Å². The van der Waals surface area contributed by atoms with Crippen LogP contribution in [0, 0.1) is 11.3 Å². The van der Waals surface area contributed by atoms with E-state index < -0.39 is 0 Å². The second kappa shape index (κ2) is 6.49. The average molecular weight is 274 g/mol. The van der Waals surface area contributed by atoms with Gasteiger partial charge in [0.1, 0.15) is 5.78 Å². The number of hydrogen-bond donors (Lipinski definition) is 0. The first-order valence-electron chi connectivity index (χ1n) is 7.56. The van der Waals surface area contributed by atoms with E-state index in [4.69, 9.17) is 0 Å². The Kier molecular flexibility index (Phi) is 4.92. The zero-order chi connectivity index (χ0) is 14.6. The summed E-state index contributed by atoms with van der Waals surface area (Å²) >= 11 is 0. The molecule has 0 spiro atoms. The van der Waals surface area contributed by atoms with Crippen LogP contribution in [0.2, 0.25) is 0 Å². The molecule has 0 bridgehead atoms. The van der Waals surface area contributed by atoms with Crippen LogP contribution in [0.4, 0.5) is 0 Å². The number of ketones is 1. The normalized spacial score (nSPS) is 22.2. The molecule has 0 amide bonds. The third kappa shape index (κ3) is 4.41. The van der Waals surface area contributed by atoms with E-state index in [-0.39, 0.29) is 5.92 Å². The fourth-order valence-electron chi connectivity index (χ4n) is 3.05. The van der Waals surface area contributed by atoms with Crippen LogP contribution in [0.25, 0.3) is 0 Å². The maximum absolute atomic E-state index is 12.1. The number of nitrogens with zero attached hydrogens (tertiary/aromatic N) is 2. The van der Waals surface area contributed by atoms with E-state index in [9.17, 15) is 4.79 Å². The van der Waals surface area contributed by atoms with Gasteiger partial charge in [0.25, 0.3) is 0 Å². The van der Waals surface area contributed by atoms with Gasteiger partial charge in [0.2, 0.25) is 0 Å². The molecule has 1 aliphatic rings. The summed E-state index contributed by atoms with van der Waals surface area (Å²) in [4.78, 5) is 18.4. The largest absolute Gasteiger partial charge is 0.305 e. The molecule has 1 unspecified atom stereocenters. The average Bonchev–Trinajstić information content (AvgIpc) is 2.42. The molecular formula is C17H26N2O. The number of carbonyl (C=O) groups excluding carboxylic acids is 1. The number of likely N-dealkylation sites (N-methyl/N-ethyl adjacent to an activating group) is 1. The topological polar surface area (TPSA) is 33.2 Å². The van der Waals surface area contributed by atoms with Gasteiger partial charge in [0, 0.05) is 37.8 Å².